The molecular weight excluding hydrogens is 228 g/mol. The van der Waals surface area contributed by atoms with Gasteiger partial charge in [-0.2, -0.15) is 0 Å². The molecule has 18 heavy (non-hydrogen) atoms. The zero-order chi connectivity index (χ0) is 13.1. The van der Waals surface area contributed by atoms with Crippen LogP contribution in [-0.2, 0) is 11.3 Å². The number of benzene rings is 1. The van der Waals surface area contributed by atoms with Crippen LogP contribution in [0.3, 0.4) is 0 Å². The van der Waals surface area contributed by atoms with E-state index in [4.69, 9.17) is 9.15 Å². The van der Waals surface area contributed by atoms with Crippen LogP contribution in [0.4, 0.5) is 0 Å². The summed E-state index contributed by atoms with van der Waals surface area (Å²) in [4.78, 5) is 12.2. The zero-order valence-electron chi connectivity index (χ0n) is 10.8. The van der Waals surface area contributed by atoms with E-state index in [2.05, 4.69) is 0 Å². The average Bonchev–Trinajstić information content (AvgIpc) is 2.76. The van der Waals surface area contributed by atoms with Gasteiger partial charge in [-0.1, -0.05) is 17.2 Å². The van der Waals surface area contributed by atoms with Gasteiger partial charge in [0.2, 0.25) is 5.78 Å². The van der Waals surface area contributed by atoms with E-state index in [9.17, 15) is 4.79 Å². The Morgan fingerprint density at radius 3 is 2.44 bits per heavy atom. The van der Waals surface area contributed by atoms with Crippen LogP contribution in [0.25, 0.3) is 0 Å². The van der Waals surface area contributed by atoms with Crippen molar-refractivity contribution in [2.75, 3.05) is 7.11 Å². The predicted octanol–water partition coefficient (Wildman–Crippen LogP) is 3.27. The van der Waals surface area contributed by atoms with Crippen molar-refractivity contribution in [3.63, 3.8) is 0 Å². The van der Waals surface area contributed by atoms with Crippen molar-refractivity contribution < 1.29 is 13.9 Å². The molecule has 0 fully saturated rings. The number of carbonyl (C=O) groups is 1. The first-order chi connectivity index (χ1) is 8.60. The number of methoxy groups -OCH3 is 1. The summed E-state index contributed by atoms with van der Waals surface area (Å²) in [6, 6.07) is 9.23. The number of ether oxygens (including phenoxy) is 1. The minimum absolute atomic E-state index is 0.0934. The molecule has 2 aromatic rings. The highest BCUT2D eigenvalue weighted by Crippen LogP contribution is 2.16. The minimum Gasteiger partial charge on any atom is -0.455 e. The third-order valence-corrected chi connectivity index (χ3v) is 2.66. The molecule has 3 nitrogen and oxygen atoms in total. The lowest BCUT2D eigenvalue weighted by Gasteiger charge is -2.02. The lowest BCUT2D eigenvalue weighted by Crippen LogP contribution is -2.00. The Labute approximate surface area is 106 Å². The highest BCUT2D eigenvalue weighted by molar-refractivity contribution is 6.07. The van der Waals surface area contributed by atoms with Gasteiger partial charge in [-0.05, 0) is 38.1 Å². The summed E-state index contributed by atoms with van der Waals surface area (Å²) >= 11 is 0. The van der Waals surface area contributed by atoms with E-state index in [0.29, 0.717) is 23.7 Å². The molecule has 0 amide bonds. The Balaban J connectivity index is 2.29. The van der Waals surface area contributed by atoms with E-state index in [0.717, 1.165) is 11.1 Å². The Bertz CT molecular complexity index is 547. The quantitative estimate of drug-likeness (QED) is 0.775. The van der Waals surface area contributed by atoms with Crippen molar-refractivity contribution in [1.82, 2.24) is 0 Å². The van der Waals surface area contributed by atoms with Crippen molar-refractivity contribution in [1.29, 1.82) is 0 Å². The zero-order valence-corrected chi connectivity index (χ0v) is 10.8. The molecule has 0 aliphatic carbocycles. The highest BCUT2D eigenvalue weighted by Gasteiger charge is 2.14. The third kappa shape index (κ3) is 2.68. The van der Waals surface area contributed by atoms with Gasteiger partial charge in [0.25, 0.3) is 0 Å². The van der Waals surface area contributed by atoms with Gasteiger partial charge in [0, 0.05) is 12.7 Å². The molecule has 0 saturated heterocycles. The van der Waals surface area contributed by atoms with Crippen molar-refractivity contribution >= 4 is 5.78 Å². The van der Waals surface area contributed by atoms with E-state index >= 15 is 0 Å². The largest absolute Gasteiger partial charge is 0.455 e. The normalized spacial score (nSPS) is 10.6. The number of hydrogen-bond donors (Lipinski definition) is 0. The standard InChI is InChI=1S/C15H16O3/c1-10-6-11(2)8-12(7-10)15(16)14-5-4-13(18-14)9-17-3/h4-8H,9H2,1-3H3. The monoisotopic (exact) mass is 244 g/mol. The van der Waals surface area contributed by atoms with Gasteiger partial charge >= 0.3 is 0 Å². The Morgan fingerprint density at radius 1 is 1.17 bits per heavy atom. The summed E-state index contributed by atoms with van der Waals surface area (Å²) in [5.74, 6) is 0.918. The molecule has 3 heteroatoms. The second-order valence-electron chi connectivity index (χ2n) is 4.40. The molecule has 1 aromatic heterocycles. The average molecular weight is 244 g/mol. The summed E-state index contributed by atoms with van der Waals surface area (Å²) in [5, 5.41) is 0. The van der Waals surface area contributed by atoms with Crippen LogP contribution in [-0.4, -0.2) is 12.9 Å². The first kappa shape index (κ1) is 12.6. The molecule has 0 aliphatic heterocycles. The molecule has 1 aromatic carbocycles. The summed E-state index contributed by atoms with van der Waals surface area (Å²) in [7, 11) is 1.59. The fourth-order valence-corrected chi connectivity index (χ4v) is 1.97. The van der Waals surface area contributed by atoms with Gasteiger partial charge in [-0.3, -0.25) is 4.79 Å². The van der Waals surface area contributed by atoms with Crippen molar-refractivity contribution in [2.45, 2.75) is 20.5 Å². The molecule has 0 N–H and O–H groups in total. The number of rotatable bonds is 4. The van der Waals surface area contributed by atoms with Crippen molar-refractivity contribution in [3.05, 3.63) is 58.5 Å². The maximum absolute atomic E-state index is 12.2. The molecular formula is C15H16O3. The third-order valence-electron chi connectivity index (χ3n) is 2.66. The maximum Gasteiger partial charge on any atom is 0.228 e. The van der Waals surface area contributed by atoms with Gasteiger partial charge in [0.1, 0.15) is 12.4 Å². The molecule has 0 saturated carbocycles. The van der Waals surface area contributed by atoms with Gasteiger partial charge in [0.15, 0.2) is 5.76 Å². The van der Waals surface area contributed by atoms with Gasteiger partial charge in [-0.25, -0.2) is 0 Å². The van der Waals surface area contributed by atoms with Crippen LogP contribution < -0.4 is 0 Å². The summed E-state index contributed by atoms with van der Waals surface area (Å²) in [5.41, 5.74) is 2.80. The summed E-state index contributed by atoms with van der Waals surface area (Å²) < 4.78 is 10.4. The van der Waals surface area contributed by atoms with E-state index in [-0.39, 0.29) is 5.78 Å². The second-order valence-corrected chi connectivity index (χ2v) is 4.40. The second kappa shape index (κ2) is 5.19. The summed E-state index contributed by atoms with van der Waals surface area (Å²) in [6.07, 6.45) is 0. The number of ketones is 1. The Kier molecular flexibility index (Phi) is 3.63. The lowest BCUT2D eigenvalue weighted by molar-refractivity contribution is 0.0999. The van der Waals surface area contributed by atoms with Gasteiger partial charge in [0.05, 0.1) is 0 Å². The first-order valence-corrected chi connectivity index (χ1v) is 5.81. The fraction of sp³-hybridized carbons (Fsp3) is 0.267. The van der Waals surface area contributed by atoms with E-state index < -0.39 is 0 Å². The fourth-order valence-electron chi connectivity index (χ4n) is 1.97. The lowest BCUT2D eigenvalue weighted by atomic mass is 10.0. The first-order valence-electron chi connectivity index (χ1n) is 5.81. The van der Waals surface area contributed by atoms with Crippen LogP contribution in [0.1, 0.15) is 33.0 Å². The van der Waals surface area contributed by atoms with Gasteiger partial charge < -0.3 is 9.15 Å². The molecule has 0 aliphatic rings. The molecule has 0 radical (unpaired) electrons. The predicted molar refractivity (Wildman–Crippen MR) is 68.8 cm³/mol. The molecule has 94 valence electrons. The maximum atomic E-state index is 12.2. The van der Waals surface area contributed by atoms with Crippen molar-refractivity contribution in [3.8, 4) is 0 Å². The molecule has 0 spiro atoms. The molecule has 2 rings (SSSR count). The van der Waals surface area contributed by atoms with E-state index in [1.54, 1.807) is 19.2 Å². The van der Waals surface area contributed by atoms with Gasteiger partial charge in [-0.15, -0.1) is 0 Å². The van der Waals surface area contributed by atoms with Crippen LogP contribution in [0.5, 0.6) is 0 Å². The SMILES string of the molecule is COCc1ccc(C(=O)c2cc(C)cc(C)c2)o1. The molecule has 1 heterocycles. The Hall–Kier alpha value is -1.87. The minimum atomic E-state index is -0.0934. The van der Waals surface area contributed by atoms with Crippen molar-refractivity contribution in [2.24, 2.45) is 0 Å². The Morgan fingerprint density at radius 2 is 1.83 bits per heavy atom. The molecule has 0 atom stereocenters. The number of furan rings is 1. The summed E-state index contributed by atoms with van der Waals surface area (Å²) in [6.45, 7) is 4.32. The van der Waals surface area contributed by atoms with Crippen LogP contribution >= 0.6 is 0 Å². The number of carbonyl (C=O) groups excluding carboxylic acids is 1. The number of hydrogen-bond acceptors (Lipinski definition) is 3. The molecule has 0 unspecified atom stereocenters. The van der Waals surface area contributed by atoms with Crippen LogP contribution in [0.15, 0.2) is 34.7 Å². The van der Waals surface area contributed by atoms with E-state index in [1.807, 2.05) is 32.0 Å². The van der Waals surface area contributed by atoms with Crippen LogP contribution in [0.2, 0.25) is 0 Å². The smallest absolute Gasteiger partial charge is 0.228 e. The molecule has 0 bridgehead atoms. The highest BCUT2D eigenvalue weighted by atomic mass is 16.5. The number of aryl methyl sites for hydroxylation is 2. The topological polar surface area (TPSA) is 39.4 Å². The van der Waals surface area contributed by atoms with Crippen LogP contribution in [0, 0.1) is 13.8 Å². The van der Waals surface area contributed by atoms with E-state index in [1.165, 1.54) is 0 Å².